The Morgan fingerprint density at radius 1 is 1.43 bits per heavy atom. The number of hydrogen-bond donors (Lipinski definition) is 0. The Morgan fingerprint density at radius 3 is 2.90 bits per heavy atom. The van der Waals surface area contributed by atoms with Crippen LogP contribution in [0.15, 0.2) is 10.7 Å². The van der Waals surface area contributed by atoms with Gasteiger partial charge in [0.1, 0.15) is 17.5 Å². The Hall–Kier alpha value is -1.29. The number of rotatable bonds is 1. The molecule has 2 aliphatic carbocycles. The van der Waals surface area contributed by atoms with E-state index in [9.17, 15) is 4.79 Å². The van der Waals surface area contributed by atoms with Crippen LogP contribution in [0.3, 0.4) is 0 Å². The third-order valence-corrected chi connectivity index (χ3v) is 6.23. The van der Waals surface area contributed by atoms with Crippen molar-refractivity contribution in [2.75, 3.05) is 0 Å². The van der Waals surface area contributed by atoms with Crippen LogP contribution in [0, 0.1) is 18.3 Å². The number of hydrogen-bond acceptors (Lipinski definition) is 4. The van der Waals surface area contributed by atoms with Gasteiger partial charge < -0.3 is 13.9 Å². The van der Waals surface area contributed by atoms with Gasteiger partial charge in [-0.15, -0.1) is 0 Å². The monoisotopic (exact) mass is 290 g/mol. The molecular weight excluding hydrogens is 268 g/mol. The predicted octanol–water partition coefficient (Wildman–Crippen LogP) is 3.32. The maximum Gasteiger partial charge on any atom is 0.303 e. The van der Waals surface area contributed by atoms with Crippen LogP contribution in [0.25, 0.3) is 0 Å². The normalized spacial score (nSPS) is 43.5. The summed E-state index contributed by atoms with van der Waals surface area (Å²) in [6.07, 6.45) is 4.82. The Morgan fingerprint density at radius 2 is 2.19 bits per heavy atom. The minimum absolute atomic E-state index is 0.177. The van der Waals surface area contributed by atoms with E-state index in [1.54, 1.807) is 6.26 Å². The second kappa shape index (κ2) is 3.92. The molecule has 1 aliphatic heterocycles. The second-order valence-electron chi connectivity index (χ2n) is 7.18. The lowest BCUT2D eigenvalue weighted by atomic mass is 9.53. The van der Waals surface area contributed by atoms with E-state index >= 15 is 0 Å². The average molecular weight is 290 g/mol. The highest BCUT2D eigenvalue weighted by Gasteiger charge is 2.75. The molecule has 5 unspecified atom stereocenters. The molecule has 3 aliphatic rings. The topological polar surface area (TPSA) is 52.0 Å². The van der Waals surface area contributed by atoms with Gasteiger partial charge in [0.2, 0.25) is 0 Å². The van der Waals surface area contributed by atoms with Crippen LogP contribution < -0.4 is 0 Å². The SMILES string of the molecule is CC(=O)OC1c2c(C)coc2CC23OC2CCC(C)C13C. The largest absolute Gasteiger partial charge is 0.469 e. The van der Waals surface area contributed by atoms with Gasteiger partial charge >= 0.3 is 5.97 Å². The number of carbonyl (C=O) groups is 1. The van der Waals surface area contributed by atoms with Crippen LogP contribution in [0.2, 0.25) is 0 Å². The van der Waals surface area contributed by atoms with Crippen LogP contribution in [0.1, 0.15) is 56.6 Å². The molecule has 1 saturated heterocycles. The molecule has 1 aromatic rings. The van der Waals surface area contributed by atoms with Crippen molar-refractivity contribution in [3.8, 4) is 0 Å². The maximum atomic E-state index is 11.7. The van der Waals surface area contributed by atoms with E-state index in [-0.39, 0.29) is 29.2 Å². The van der Waals surface area contributed by atoms with Crippen molar-refractivity contribution in [1.29, 1.82) is 0 Å². The van der Waals surface area contributed by atoms with Gasteiger partial charge in [0.25, 0.3) is 0 Å². The van der Waals surface area contributed by atoms with Crippen molar-refractivity contribution in [1.82, 2.24) is 0 Å². The van der Waals surface area contributed by atoms with Crippen LogP contribution in [0.5, 0.6) is 0 Å². The first-order valence-electron chi connectivity index (χ1n) is 7.82. The van der Waals surface area contributed by atoms with Crippen molar-refractivity contribution in [3.63, 3.8) is 0 Å². The van der Waals surface area contributed by atoms with Gasteiger partial charge in [0, 0.05) is 24.3 Å². The second-order valence-corrected chi connectivity index (χ2v) is 7.18. The number of ether oxygens (including phenoxy) is 2. The van der Waals surface area contributed by atoms with Gasteiger partial charge in [0.15, 0.2) is 0 Å². The van der Waals surface area contributed by atoms with E-state index in [4.69, 9.17) is 13.9 Å². The summed E-state index contributed by atoms with van der Waals surface area (Å²) in [4.78, 5) is 11.7. The van der Waals surface area contributed by atoms with Crippen LogP contribution in [0.4, 0.5) is 0 Å². The zero-order valence-corrected chi connectivity index (χ0v) is 13.1. The van der Waals surface area contributed by atoms with Gasteiger partial charge in [-0.25, -0.2) is 0 Å². The minimum Gasteiger partial charge on any atom is -0.469 e. The highest BCUT2D eigenvalue weighted by Crippen LogP contribution is 2.69. The highest BCUT2D eigenvalue weighted by molar-refractivity contribution is 5.67. The molecule has 21 heavy (non-hydrogen) atoms. The maximum absolute atomic E-state index is 11.7. The third-order valence-electron chi connectivity index (χ3n) is 6.23. The Bertz CT molecular complexity index is 618. The van der Waals surface area contributed by atoms with Crippen LogP contribution >= 0.6 is 0 Å². The predicted molar refractivity (Wildman–Crippen MR) is 75.8 cm³/mol. The molecule has 0 radical (unpaired) electrons. The summed E-state index contributed by atoms with van der Waals surface area (Å²) >= 11 is 0. The highest BCUT2D eigenvalue weighted by atomic mass is 16.6. The van der Waals surface area contributed by atoms with Gasteiger partial charge in [-0.3, -0.25) is 4.79 Å². The Labute approximate surface area is 124 Å². The molecule has 4 rings (SSSR count). The van der Waals surface area contributed by atoms with Crippen molar-refractivity contribution < 1.29 is 18.7 Å². The van der Waals surface area contributed by atoms with E-state index in [1.807, 2.05) is 6.92 Å². The Kier molecular flexibility index (Phi) is 2.49. The lowest BCUT2D eigenvalue weighted by Crippen LogP contribution is -2.54. The standard InChI is InChI=1S/C17H22O4/c1-9-8-19-12-7-17-13(21-17)6-5-10(2)16(17,4)15(14(9)12)20-11(3)18/h8,10,13,15H,5-7H2,1-4H3. The van der Waals surface area contributed by atoms with Crippen LogP contribution in [-0.2, 0) is 20.7 Å². The van der Waals surface area contributed by atoms with Crippen molar-refractivity contribution in [3.05, 3.63) is 23.2 Å². The lowest BCUT2D eigenvalue weighted by molar-refractivity contribution is -0.166. The molecule has 0 aromatic carbocycles. The molecule has 114 valence electrons. The minimum atomic E-state index is -0.266. The zero-order chi connectivity index (χ0) is 15.0. The molecule has 0 N–H and O–H groups in total. The van der Waals surface area contributed by atoms with E-state index in [1.165, 1.54) is 6.92 Å². The first kappa shape index (κ1) is 13.4. The third kappa shape index (κ3) is 1.47. The molecular formula is C17H22O4. The van der Waals surface area contributed by atoms with E-state index in [2.05, 4.69) is 13.8 Å². The van der Waals surface area contributed by atoms with Crippen molar-refractivity contribution >= 4 is 5.97 Å². The summed E-state index contributed by atoms with van der Waals surface area (Å²) < 4.78 is 17.7. The summed E-state index contributed by atoms with van der Waals surface area (Å²) in [6, 6.07) is 0. The lowest BCUT2D eigenvalue weighted by Gasteiger charge is -2.50. The quantitative estimate of drug-likeness (QED) is 0.588. The molecule has 1 aromatic heterocycles. The molecule has 2 fully saturated rings. The summed E-state index contributed by atoms with van der Waals surface area (Å²) in [5, 5.41) is 0. The number of aryl methyl sites for hydroxylation is 1. The number of fused-ring (bicyclic) bond motifs is 1. The fourth-order valence-corrected chi connectivity index (χ4v) is 4.81. The summed E-state index contributed by atoms with van der Waals surface area (Å²) in [7, 11) is 0. The molecule has 0 amide bonds. The van der Waals surface area contributed by atoms with E-state index in [0.717, 1.165) is 36.1 Å². The van der Waals surface area contributed by atoms with Gasteiger partial charge in [-0.1, -0.05) is 13.8 Å². The number of carbonyl (C=O) groups excluding carboxylic acids is 1. The molecule has 1 saturated carbocycles. The average Bonchev–Trinajstić information content (AvgIpc) is 3.02. The van der Waals surface area contributed by atoms with E-state index in [0.29, 0.717) is 5.92 Å². The molecule has 5 atom stereocenters. The number of furan rings is 1. The van der Waals surface area contributed by atoms with E-state index < -0.39 is 0 Å². The molecule has 4 heteroatoms. The summed E-state index contributed by atoms with van der Waals surface area (Å²) in [6.45, 7) is 8.01. The van der Waals surface area contributed by atoms with Crippen molar-refractivity contribution in [2.24, 2.45) is 11.3 Å². The molecule has 1 spiro atoms. The number of epoxide rings is 1. The van der Waals surface area contributed by atoms with Gasteiger partial charge in [0.05, 0.1) is 12.4 Å². The fourth-order valence-electron chi connectivity index (χ4n) is 4.81. The molecule has 2 heterocycles. The first-order valence-corrected chi connectivity index (χ1v) is 7.82. The molecule has 4 nitrogen and oxygen atoms in total. The fraction of sp³-hybridized carbons (Fsp3) is 0.706. The zero-order valence-electron chi connectivity index (χ0n) is 13.1. The Balaban J connectivity index is 1.90. The molecule has 0 bridgehead atoms. The number of esters is 1. The van der Waals surface area contributed by atoms with Gasteiger partial charge in [-0.2, -0.15) is 0 Å². The van der Waals surface area contributed by atoms with Gasteiger partial charge in [-0.05, 0) is 31.2 Å². The van der Waals surface area contributed by atoms with Crippen LogP contribution in [-0.4, -0.2) is 17.7 Å². The summed E-state index contributed by atoms with van der Waals surface area (Å²) in [5.74, 6) is 1.15. The first-order chi connectivity index (χ1) is 9.90. The summed E-state index contributed by atoms with van der Waals surface area (Å²) in [5.41, 5.74) is 1.76. The van der Waals surface area contributed by atoms with Crippen molar-refractivity contribution in [2.45, 2.75) is 64.8 Å². The smallest absolute Gasteiger partial charge is 0.303 e.